The third-order valence-electron chi connectivity index (χ3n) is 6.01. The fraction of sp³-hybridized carbons (Fsp3) is 0.292. The Labute approximate surface area is 208 Å². The fourth-order valence-electron chi connectivity index (χ4n) is 4.14. The second-order valence-electron chi connectivity index (χ2n) is 8.63. The molecule has 1 fully saturated rings. The van der Waals surface area contributed by atoms with Gasteiger partial charge in [0.2, 0.25) is 0 Å². The lowest BCUT2D eigenvalue weighted by Crippen LogP contribution is -2.55. The van der Waals surface area contributed by atoms with E-state index in [4.69, 9.17) is 5.73 Å². The molecule has 0 unspecified atom stereocenters. The van der Waals surface area contributed by atoms with E-state index in [1.165, 1.54) is 12.5 Å². The molecular weight excluding hydrogens is 495 g/mol. The van der Waals surface area contributed by atoms with Crippen molar-refractivity contribution in [1.29, 1.82) is 0 Å². The molecule has 0 saturated carbocycles. The number of aliphatic hydroxyl groups excluding tert-OH is 1. The van der Waals surface area contributed by atoms with Crippen molar-refractivity contribution in [2.45, 2.75) is 24.0 Å². The van der Waals surface area contributed by atoms with Gasteiger partial charge in [0.05, 0.1) is 29.2 Å². The number of piperidine rings is 1. The summed E-state index contributed by atoms with van der Waals surface area (Å²) < 4.78 is 55.4. The zero-order chi connectivity index (χ0) is 26.1. The van der Waals surface area contributed by atoms with Gasteiger partial charge in [-0.3, -0.25) is 9.78 Å². The monoisotopic (exact) mass is 519 g/mol. The Kier molecular flexibility index (Phi) is 7.50. The lowest BCUT2D eigenvalue weighted by Gasteiger charge is -2.40. The fourth-order valence-corrected chi connectivity index (χ4v) is 4.68. The number of pyridine rings is 2. The summed E-state index contributed by atoms with van der Waals surface area (Å²) >= 11 is -1.66. The minimum absolute atomic E-state index is 0.105. The van der Waals surface area contributed by atoms with Crippen LogP contribution in [-0.4, -0.2) is 57.0 Å². The van der Waals surface area contributed by atoms with Gasteiger partial charge >= 0.3 is 0 Å². The highest BCUT2D eigenvalue weighted by Gasteiger charge is 2.32. The molecule has 1 amide bonds. The molecular formula is C24H24F3N5O3S. The number of carbonyl (C=O) groups excluding carboxylic acids is 1. The van der Waals surface area contributed by atoms with E-state index in [1.807, 2.05) is 11.8 Å². The minimum Gasteiger partial charge on any atom is -0.612 e. The van der Waals surface area contributed by atoms with Crippen LogP contribution in [-0.2, 0) is 11.2 Å². The quantitative estimate of drug-likeness (QED) is 0.442. The Bertz CT molecular complexity index is 1260. The number of hydrogen-bond acceptors (Lipinski definition) is 7. The number of benzene rings is 1. The number of anilines is 2. The summed E-state index contributed by atoms with van der Waals surface area (Å²) in [6.07, 6.45) is 3.56. The molecule has 3 aromatic rings. The first-order valence-corrected chi connectivity index (χ1v) is 12.6. The smallest absolute Gasteiger partial charge is 0.274 e. The molecule has 1 aliphatic rings. The van der Waals surface area contributed by atoms with Crippen molar-refractivity contribution in [2.24, 2.45) is 11.7 Å². The summed E-state index contributed by atoms with van der Waals surface area (Å²) in [4.78, 5) is 22.7. The van der Waals surface area contributed by atoms with Crippen molar-refractivity contribution >= 4 is 28.5 Å². The highest BCUT2D eigenvalue weighted by atomic mass is 32.2. The summed E-state index contributed by atoms with van der Waals surface area (Å²) in [5.74, 6) is -4.22. The molecule has 0 aliphatic carbocycles. The summed E-state index contributed by atoms with van der Waals surface area (Å²) in [5.41, 5.74) is 5.23. The molecule has 1 aromatic carbocycles. The first-order chi connectivity index (χ1) is 17.1. The minimum atomic E-state index is -1.66. The maximum absolute atomic E-state index is 14.6. The Morgan fingerprint density at radius 1 is 1.19 bits per heavy atom. The number of hydrogen-bond donors (Lipinski definition) is 3. The molecule has 36 heavy (non-hydrogen) atoms. The second-order valence-corrected chi connectivity index (χ2v) is 10.0. The van der Waals surface area contributed by atoms with Crippen LogP contribution in [0.25, 0.3) is 11.3 Å². The van der Waals surface area contributed by atoms with Gasteiger partial charge in [0, 0.05) is 43.4 Å². The van der Waals surface area contributed by atoms with Crippen molar-refractivity contribution < 1.29 is 27.6 Å². The van der Waals surface area contributed by atoms with Gasteiger partial charge in [0.25, 0.3) is 5.91 Å². The number of halogens is 3. The Morgan fingerprint density at radius 2 is 1.89 bits per heavy atom. The molecule has 4 N–H and O–H groups in total. The Balaban J connectivity index is 1.64. The summed E-state index contributed by atoms with van der Waals surface area (Å²) in [6, 6.07) is 4.84. The molecule has 4 rings (SSSR count). The predicted molar refractivity (Wildman–Crippen MR) is 129 cm³/mol. The topological polar surface area (TPSA) is 127 Å². The van der Waals surface area contributed by atoms with Crippen molar-refractivity contribution in [3.63, 3.8) is 0 Å². The number of rotatable bonds is 5. The molecule has 1 aliphatic heterocycles. The van der Waals surface area contributed by atoms with Crippen LogP contribution in [0.3, 0.4) is 0 Å². The maximum atomic E-state index is 14.6. The van der Waals surface area contributed by atoms with Crippen molar-refractivity contribution in [3.8, 4) is 11.3 Å². The molecule has 2 aromatic heterocycles. The van der Waals surface area contributed by atoms with E-state index < -0.39 is 57.9 Å². The highest BCUT2D eigenvalue weighted by molar-refractivity contribution is 7.90. The average Bonchev–Trinajstić information content (AvgIpc) is 2.83. The van der Waals surface area contributed by atoms with Crippen LogP contribution in [0.1, 0.15) is 17.4 Å². The SMILES string of the molecule is C[C@H]1CN(c2ccncc2NC(=O)c2ccc(F)c(-c3c(F)cc([S@@+](C)[O-])cc3F)n2)C[C@@H](N)[C@@H]1O. The van der Waals surface area contributed by atoms with Crippen LogP contribution >= 0.6 is 0 Å². The lowest BCUT2D eigenvalue weighted by molar-refractivity contribution is 0.0785. The average molecular weight is 520 g/mol. The number of nitrogens with two attached hydrogens (primary N) is 1. The molecule has 8 nitrogen and oxygen atoms in total. The zero-order valence-electron chi connectivity index (χ0n) is 19.4. The van der Waals surface area contributed by atoms with Crippen molar-refractivity contribution in [2.75, 3.05) is 29.6 Å². The van der Waals surface area contributed by atoms with Gasteiger partial charge in [-0.05, 0) is 29.4 Å². The molecule has 4 atom stereocenters. The summed E-state index contributed by atoms with van der Waals surface area (Å²) in [5, 5.41) is 12.8. The number of nitrogens with one attached hydrogen (secondary N) is 1. The number of aromatic nitrogens is 2. The van der Waals surface area contributed by atoms with E-state index >= 15 is 0 Å². The van der Waals surface area contributed by atoms with Gasteiger partial charge in [-0.2, -0.15) is 0 Å². The standard InChI is InChI=1S/C24H24F3N5O3S/c1-12-10-32(11-17(28)23(12)33)20-5-6-29-9-19(20)31-24(34)18-4-3-14(25)22(30-18)21-15(26)7-13(36(2)35)8-16(21)27/h3-9,12,17,23,33H,10-11,28H2,1-2H3,(H,31,34)/t12-,17+,23+,36+/m0/s1. The van der Waals surface area contributed by atoms with Gasteiger partial charge in [-0.1, -0.05) is 6.92 Å². The van der Waals surface area contributed by atoms with Crippen LogP contribution in [0.2, 0.25) is 0 Å². The lowest BCUT2D eigenvalue weighted by atomic mass is 9.92. The van der Waals surface area contributed by atoms with E-state index in [-0.39, 0.29) is 16.5 Å². The van der Waals surface area contributed by atoms with Gasteiger partial charge in [-0.15, -0.1) is 0 Å². The third-order valence-corrected chi connectivity index (χ3v) is 6.91. The largest absolute Gasteiger partial charge is 0.612 e. The van der Waals surface area contributed by atoms with Crippen molar-refractivity contribution in [3.05, 3.63) is 65.9 Å². The zero-order valence-corrected chi connectivity index (χ0v) is 20.2. The summed E-state index contributed by atoms with van der Waals surface area (Å²) in [6.45, 7) is 2.69. The Morgan fingerprint density at radius 3 is 2.53 bits per heavy atom. The molecule has 1 saturated heterocycles. The van der Waals surface area contributed by atoms with Gasteiger partial charge < -0.3 is 25.6 Å². The van der Waals surface area contributed by atoms with Gasteiger partial charge in [-0.25, -0.2) is 18.2 Å². The van der Waals surface area contributed by atoms with Crippen LogP contribution in [0, 0.1) is 23.4 Å². The number of carbonyl (C=O) groups is 1. The molecule has 0 radical (unpaired) electrons. The molecule has 3 heterocycles. The van der Waals surface area contributed by atoms with Gasteiger partial charge in [0.1, 0.15) is 35.1 Å². The normalized spacial score (nSPS) is 20.8. The molecule has 12 heteroatoms. The number of nitrogens with zero attached hydrogens (tertiary/aromatic N) is 3. The maximum Gasteiger partial charge on any atom is 0.274 e. The molecule has 0 spiro atoms. The van der Waals surface area contributed by atoms with E-state index in [0.717, 1.165) is 24.3 Å². The number of amides is 1. The summed E-state index contributed by atoms with van der Waals surface area (Å²) in [7, 11) is 0. The van der Waals surface area contributed by atoms with E-state index in [9.17, 15) is 27.6 Å². The van der Waals surface area contributed by atoms with Crippen LogP contribution in [0.4, 0.5) is 24.5 Å². The van der Waals surface area contributed by atoms with Crippen molar-refractivity contribution in [1.82, 2.24) is 9.97 Å². The van der Waals surface area contributed by atoms with E-state index in [1.54, 1.807) is 12.3 Å². The highest BCUT2D eigenvalue weighted by Crippen LogP contribution is 2.31. The van der Waals surface area contributed by atoms with Gasteiger partial charge in [0.15, 0.2) is 4.90 Å². The molecule has 0 bridgehead atoms. The first kappa shape index (κ1) is 25.9. The molecule has 190 valence electrons. The predicted octanol–water partition coefficient (Wildman–Crippen LogP) is 2.69. The van der Waals surface area contributed by atoms with Crippen LogP contribution < -0.4 is 16.0 Å². The Hall–Kier alpha value is -3.19. The van der Waals surface area contributed by atoms with Crippen LogP contribution in [0.15, 0.2) is 47.6 Å². The second kappa shape index (κ2) is 10.4. The van der Waals surface area contributed by atoms with E-state index in [2.05, 4.69) is 15.3 Å². The first-order valence-electron chi connectivity index (χ1n) is 11.0. The number of aliphatic hydroxyl groups is 1. The van der Waals surface area contributed by atoms with Crippen LogP contribution in [0.5, 0.6) is 0 Å². The van der Waals surface area contributed by atoms with E-state index in [0.29, 0.717) is 24.5 Å². The third kappa shape index (κ3) is 5.16.